The molecular formula is C17H21ClN2O. The number of nitrogens with zero attached hydrogens (tertiary/aromatic N) is 2. The van der Waals surface area contributed by atoms with Gasteiger partial charge in [0.1, 0.15) is 0 Å². The van der Waals surface area contributed by atoms with Crippen LogP contribution in [-0.4, -0.2) is 21.0 Å². The molecule has 0 spiro atoms. The molecule has 1 N–H and O–H groups in total. The third kappa shape index (κ3) is 2.85. The lowest BCUT2D eigenvalue weighted by atomic mass is 9.80. The molecule has 4 heteroatoms. The summed E-state index contributed by atoms with van der Waals surface area (Å²) in [5, 5.41) is 15.6. The molecule has 1 aliphatic rings. The number of fused-ring (bicyclic) bond motifs is 1. The van der Waals surface area contributed by atoms with Crippen molar-refractivity contribution >= 4 is 11.6 Å². The van der Waals surface area contributed by atoms with Gasteiger partial charge in [-0.05, 0) is 43.2 Å². The zero-order chi connectivity index (χ0) is 15.0. The van der Waals surface area contributed by atoms with E-state index >= 15 is 0 Å². The van der Waals surface area contributed by atoms with Crippen molar-refractivity contribution in [1.82, 2.24) is 9.78 Å². The molecule has 0 saturated carbocycles. The highest BCUT2D eigenvalue weighted by Gasteiger charge is 2.26. The minimum Gasteiger partial charge on any atom is -0.392 e. The lowest BCUT2D eigenvalue weighted by Crippen LogP contribution is -2.29. The van der Waals surface area contributed by atoms with Crippen molar-refractivity contribution in [2.24, 2.45) is 13.0 Å². The molecule has 2 unspecified atom stereocenters. The summed E-state index contributed by atoms with van der Waals surface area (Å²) in [5.41, 5.74) is 4.56. The van der Waals surface area contributed by atoms with Crippen molar-refractivity contribution < 1.29 is 5.11 Å². The SMILES string of the molecule is Cc1nn(C)c(CC(O)C2CCc3ccccc3C2)c1Cl. The molecular weight excluding hydrogens is 284 g/mol. The van der Waals surface area contributed by atoms with E-state index in [4.69, 9.17) is 11.6 Å². The summed E-state index contributed by atoms with van der Waals surface area (Å²) in [7, 11) is 1.89. The second kappa shape index (κ2) is 5.82. The number of hydrogen-bond donors (Lipinski definition) is 1. The molecule has 0 radical (unpaired) electrons. The number of benzene rings is 1. The van der Waals surface area contributed by atoms with E-state index in [1.54, 1.807) is 4.68 Å². The van der Waals surface area contributed by atoms with Crippen LogP contribution in [0.3, 0.4) is 0 Å². The minimum atomic E-state index is -0.370. The number of rotatable bonds is 3. The quantitative estimate of drug-likeness (QED) is 0.946. The first-order valence-electron chi connectivity index (χ1n) is 7.49. The van der Waals surface area contributed by atoms with Gasteiger partial charge in [-0.15, -0.1) is 0 Å². The first-order chi connectivity index (χ1) is 10.1. The molecule has 3 nitrogen and oxygen atoms in total. The van der Waals surface area contributed by atoms with Crippen molar-refractivity contribution in [3.05, 3.63) is 51.8 Å². The number of aryl methyl sites for hydroxylation is 3. The van der Waals surface area contributed by atoms with Gasteiger partial charge in [-0.25, -0.2) is 0 Å². The number of aliphatic hydroxyl groups is 1. The number of aromatic nitrogens is 2. The van der Waals surface area contributed by atoms with E-state index in [2.05, 4.69) is 29.4 Å². The van der Waals surface area contributed by atoms with Gasteiger partial charge >= 0.3 is 0 Å². The largest absolute Gasteiger partial charge is 0.392 e. The zero-order valence-corrected chi connectivity index (χ0v) is 13.3. The number of hydrogen-bond acceptors (Lipinski definition) is 2. The normalized spacial score (nSPS) is 19.3. The Morgan fingerprint density at radius 2 is 2.10 bits per heavy atom. The molecule has 21 heavy (non-hydrogen) atoms. The molecule has 3 rings (SSSR count). The molecule has 0 aliphatic heterocycles. The summed E-state index contributed by atoms with van der Waals surface area (Å²) in [5.74, 6) is 0.297. The second-order valence-electron chi connectivity index (χ2n) is 6.01. The highest BCUT2D eigenvalue weighted by molar-refractivity contribution is 6.31. The highest BCUT2D eigenvalue weighted by Crippen LogP contribution is 2.30. The molecule has 0 amide bonds. The van der Waals surface area contributed by atoms with Crippen molar-refractivity contribution in [3.8, 4) is 0 Å². The predicted molar refractivity (Wildman–Crippen MR) is 84.6 cm³/mol. The van der Waals surface area contributed by atoms with Gasteiger partial charge in [0.2, 0.25) is 0 Å². The highest BCUT2D eigenvalue weighted by atomic mass is 35.5. The average Bonchev–Trinajstić information content (AvgIpc) is 2.73. The Hall–Kier alpha value is -1.32. The zero-order valence-electron chi connectivity index (χ0n) is 12.5. The van der Waals surface area contributed by atoms with Gasteiger partial charge in [-0.1, -0.05) is 35.9 Å². The van der Waals surface area contributed by atoms with Crippen LogP contribution in [0.1, 0.15) is 28.9 Å². The topological polar surface area (TPSA) is 38.0 Å². The Morgan fingerprint density at radius 3 is 2.76 bits per heavy atom. The summed E-state index contributed by atoms with van der Waals surface area (Å²) in [4.78, 5) is 0. The van der Waals surface area contributed by atoms with E-state index in [1.165, 1.54) is 11.1 Å². The third-order valence-electron chi connectivity index (χ3n) is 4.59. The molecule has 112 valence electrons. The Balaban J connectivity index is 1.73. The van der Waals surface area contributed by atoms with E-state index in [0.29, 0.717) is 17.4 Å². The van der Waals surface area contributed by atoms with Crippen LogP contribution in [0.25, 0.3) is 0 Å². The maximum absolute atomic E-state index is 10.6. The molecule has 2 aromatic rings. The molecule has 1 aliphatic carbocycles. The van der Waals surface area contributed by atoms with E-state index in [9.17, 15) is 5.11 Å². The van der Waals surface area contributed by atoms with Crippen LogP contribution < -0.4 is 0 Å². The molecule has 2 atom stereocenters. The maximum atomic E-state index is 10.6. The van der Waals surface area contributed by atoms with Crippen LogP contribution in [0.5, 0.6) is 0 Å². The molecule has 1 aromatic heterocycles. The van der Waals surface area contributed by atoms with Crippen LogP contribution in [0, 0.1) is 12.8 Å². The number of halogens is 1. The Labute approximate surface area is 130 Å². The predicted octanol–water partition coefficient (Wildman–Crippen LogP) is 3.09. The van der Waals surface area contributed by atoms with E-state index in [-0.39, 0.29) is 6.10 Å². The summed E-state index contributed by atoms with van der Waals surface area (Å²) in [6.07, 6.45) is 3.24. The lowest BCUT2D eigenvalue weighted by molar-refractivity contribution is 0.0975. The molecule has 1 heterocycles. The van der Waals surface area contributed by atoms with Gasteiger partial charge in [-0.2, -0.15) is 5.10 Å². The van der Waals surface area contributed by atoms with Gasteiger partial charge in [0.25, 0.3) is 0 Å². The molecule has 0 bridgehead atoms. The average molecular weight is 305 g/mol. The Morgan fingerprint density at radius 1 is 1.38 bits per heavy atom. The van der Waals surface area contributed by atoms with Crippen LogP contribution >= 0.6 is 11.6 Å². The fourth-order valence-electron chi connectivity index (χ4n) is 3.32. The lowest BCUT2D eigenvalue weighted by Gasteiger charge is -2.28. The van der Waals surface area contributed by atoms with E-state index < -0.39 is 0 Å². The molecule has 0 fully saturated rings. The van der Waals surface area contributed by atoms with E-state index in [0.717, 1.165) is 30.7 Å². The van der Waals surface area contributed by atoms with Crippen molar-refractivity contribution in [1.29, 1.82) is 0 Å². The third-order valence-corrected chi connectivity index (χ3v) is 5.08. The Kier molecular flexibility index (Phi) is 4.05. The Bertz CT molecular complexity index is 650. The standard InChI is InChI=1S/C17H21ClN2O/c1-11-17(18)15(20(2)19-11)10-16(21)14-8-7-12-5-3-4-6-13(12)9-14/h3-6,14,16,21H,7-10H2,1-2H3. The van der Waals surface area contributed by atoms with Crippen molar-refractivity contribution in [3.63, 3.8) is 0 Å². The fraction of sp³-hybridized carbons (Fsp3) is 0.471. The van der Waals surface area contributed by atoms with Gasteiger partial charge in [0.15, 0.2) is 0 Å². The van der Waals surface area contributed by atoms with Gasteiger partial charge in [0, 0.05) is 13.5 Å². The summed E-state index contributed by atoms with van der Waals surface area (Å²) in [6, 6.07) is 8.54. The molecule has 1 aromatic carbocycles. The van der Waals surface area contributed by atoms with Crippen molar-refractivity contribution in [2.75, 3.05) is 0 Å². The first kappa shape index (κ1) is 14.6. The van der Waals surface area contributed by atoms with Crippen molar-refractivity contribution in [2.45, 2.75) is 38.7 Å². The van der Waals surface area contributed by atoms with E-state index in [1.807, 2.05) is 14.0 Å². The van der Waals surface area contributed by atoms with Crippen LogP contribution in [0.4, 0.5) is 0 Å². The second-order valence-corrected chi connectivity index (χ2v) is 6.39. The summed E-state index contributed by atoms with van der Waals surface area (Å²) >= 11 is 6.28. The first-order valence-corrected chi connectivity index (χ1v) is 7.87. The smallest absolute Gasteiger partial charge is 0.0847 e. The van der Waals surface area contributed by atoms with Gasteiger partial charge < -0.3 is 5.11 Å². The van der Waals surface area contributed by atoms with Crippen LogP contribution in [0.2, 0.25) is 5.02 Å². The minimum absolute atomic E-state index is 0.297. The fourth-order valence-corrected chi connectivity index (χ4v) is 3.56. The maximum Gasteiger partial charge on any atom is 0.0847 e. The molecule has 0 saturated heterocycles. The number of aliphatic hydroxyl groups excluding tert-OH is 1. The van der Waals surface area contributed by atoms with Gasteiger partial charge in [0.05, 0.1) is 22.5 Å². The van der Waals surface area contributed by atoms with Crippen LogP contribution in [-0.2, 0) is 26.3 Å². The van der Waals surface area contributed by atoms with Gasteiger partial charge in [-0.3, -0.25) is 4.68 Å². The summed E-state index contributed by atoms with van der Waals surface area (Å²) in [6.45, 7) is 1.90. The van der Waals surface area contributed by atoms with Crippen LogP contribution in [0.15, 0.2) is 24.3 Å². The summed E-state index contributed by atoms with van der Waals surface area (Å²) < 4.78 is 1.79. The monoisotopic (exact) mass is 304 g/mol.